The molecule has 2 aromatic carbocycles. The maximum atomic E-state index is 12.8. The van der Waals surface area contributed by atoms with E-state index in [1.807, 2.05) is 30.3 Å². The van der Waals surface area contributed by atoms with Gasteiger partial charge in [0.25, 0.3) is 5.89 Å². The Morgan fingerprint density at radius 1 is 1.15 bits per heavy atom. The number of rotatable bonds is 8. The summed E-state index contributed by atoms with van der Waals surface area (Å²) >= 11 is 6.56. The van der Waals surface area contributed by atoms with Gasteiger partial charge in [0.2, 0.25) is 0 Å². The summed E-state index contributed by atoms with van der Waals surface area (Å²) in [4.78, 5) is 27.7. The molecule has 0 spiro atoms. The number of carbonyl (C=O) groups is 1. The molecule has 3 aromatic rings. The van der Waals surface area contributed by atoms with E-state index in [9.17, 15) is 9.59 Å². The van der Waals surface area contributed by atoms with Crippen LogP contribution in [-0.2, 0) is 11.3 Å². The fourth-order valence-corrected chi connectivity index (χ4v) is 4.95. The van der Waals surface area contributed by atoms with Gasteiger partial charge in [-0.15, -0.1) is 22.1 Å². The van der Waals surface area contributed by atoms with E-state index in [1.54, 1.807) is 6.07 Å². The number of unbranched alkanes of at least 4 members (excludes halogenated alkanes) is 1. The highest BCUT2D eigenvalue weighted by atomic mass is 79.9. The van der Waals surface area contributed by atoms with Crippen LogP contribution >= 0.6 is 28.6 Å². The average molecular weight is 624 g/mol. The van der Waals surface area contributed by atoms with Crippen LogP contribution in [0.5, 0.6) is 11.5 Å². The van der Waals surface area contributed by atoms with Crippen molar-refractivity contribution < 1.29 is 23.4 Å². The number of amides is 1. The Morgan fingerprint density at radius 3 is 2.59 bits per heavy atom. The lowest BCUT2D eigenvalue weighted by Gasteiger charge is -2.31. The number of likely N-dealkylation sites (tertiary alicyclic amines) is 1. The second-order valence-corrected chi connectivity index (χ2v) is 9.77. The van der Waals surface area contributed by atoms with Crippen molar-refractivity contribution in [3.63, 3.8) is 0 Å². The molecular weight excluding hydrogens is 592 g/mol. The number of hydrogen-bond acceptors (Lipinski definition) is 8. The number of nitrogens with zero attached hydrogens (tertiary/aromatic N) is 3. The van der Waals surface area contributed by atoms with Gasteiger partial charge < -0.3 is 23.5 Å². The van der Waals surface area contributed by atoms with Gasteiger partial charge in [-0.1, -0.05) is 55.3 Å². The van der Waals surface area contributed by atoms with Crippen LogP contribution in [-0.4, -0.2) is 53.6 Å². The predicted octanol–water partition coefficient (Wildman–Crippen LogP) is 5.69. The lowest BCUT2D eigenvalue weighted by atomic mass is 10.1. The summed E-state index contributed by atoms with van der Waals surface area (Å²) in [7, 11) is 0. The van der Waals surface area contributed by atoms with Crippen molar-refractivity contribution in [2.24, 2.45) is 0 Å². The molecule has 0 saturated carbocycles. The Balaban J connectivity index is 0.00000353. The number of anilines is 1. The third kappa shape index (κ3) is 6.77. The SMILES string of the molecule is Br.CCCCN1CCC(n2nc(-c3cc(Cl)c(NC(=O)OCc4ccccc4)c4c3OCCO4)oc2=O)CC1. The third-order valence-corrected chi connectivity index (χ3v) is 7.03. The van der Waals surface area contributed by atoms with Crippen LogP contribution < -0.4 is 20.5 Å². The molecule has 2 aliphatic heterocycles. The highest BCUT2D eigenvalue weighted by Gasteiger charge is 2.30. The minimum atomic E-state index is -0.694. The highest BCUT2D eigenvalue weighted by molar-refractivity contribution is 8.93. The van der Waals surface area contributed by atoms with E-state index in [0.29, 0.717) is 11.3 Å². The van der Waals surface area contributed by atoms with Crippen LogP contribution in [0.3, 0.4) is 0 Å². The van der Waals surface area contributed by atoms with Gasteiger partial charge in [-0.2, -0.15) is 4.68 Å². The van der Waals surface area contributed by atoms with Gasteiger partial charge in [0.15, 0.2) is 11.5 Å². The number of hydrogen-bond donors (Lipinski definition) is 1. The van der Waals surface area contributed by atoms with Crippen LogP contribution in [0.2, 0.25) is 5.02 Å². The van der Waals surface area contributed by atoms with Crippen molar-refractivity contribution in [2.75, 3.05) is 38.2 Å². The zero-order valence-electron chi connectivity index (χ0n) is 21.7. The fourth-order valence-electron chi connectivity index (χ4n) is 4.71. The summed E-state index contributed by atoms with van der Waals surface area (Å²) in [6, 6.07) is 10.8. The predicted molar refractivity (Wildman–Crippen MR) is 152 cm³/mol. The minimum Gasteiger partial charge on any atom is -0.485 e. The Bertz CT molecular complexity index is 1320. The van der Waals surface area contributed by atoms with E-state index in [2.05, 4.69) is 22.2 Å². The lowest BCUT2D eigenvalue weighted by molar-refractivity contribution is 0.154. The van der Waals surface area contributed by atoms with Gasteiger partial charge in [0.1, 0.15) is 25.5 Å². The van der Waals surface area contributed by atoms with Crippen molar-refractivity contribution in [3.05, 3.63) is 57.5 Å². The quantitative estimate of drug-likeness (QED) is 0.341. The van der Waals surface area contributed by atoms with Crippen LogP contribution in [0.1, 0.15) is 44.2 Å². The van der Waals surface area contributed by atoms with Crippen LogP contribution in [0, 0.1) is 0 Å². The second kappa shape index (κ2) is 13.4. The number of fused-ring (bicyclic) bond motifs is 1. The Kier molecular flexibility index (Phi) is 9.93. The molecule has 1 saturated heterocycles. The minimum absolute atomic E-state index is 0. The number of halogens is 2. The molecule has 0 atom stereocenters. The standard InChI is InChI=1S/C27H31ClN4O6.BrH/c1-2-3-11-31-12-9-19(10-13-31)32-27(34)38-25(30-32)20-16-21(28)22(24-23(20)35-14-15-36-24)29-26(33)37-17-18-7-5-4-6-8-18;/h4-8,16,19H,2-3,9-15,17H2,1H3,(H,29,33);1H. The van der Waals surface area contributed by atoms with Crippen molar-refractivity contribution in [1.82, 2.24) is 14.7 Å². The summed E-state index contributed by atoms with van der Waals surface area (Å²) in [5.41, 5.74) is 1.44. The number of ether oxygens (including phenoxy) is 3. The van der Waals surface area contributed by atoms with Gasteiger partial charge in [-0.05, 0) is 37.4 Å². The maximum Gasteiger partial charge on any atom is 0.437 e. The summed E-state index contributed by atoms with van der Waals surface area (Å²) in [5.74, 6) is 0.0872. The van der Waals surface area contributed by atoms with E-state index >= 15 is 0 Å². The number of nitrogens with one attached hydrogen (secondary N) is 1. The largest absolute Gasteiger partial charge is 0.485 e. The van der Waals surface area contributed by atoms with Gasteiger partial charge >= 0.3 is 11.8 Å². The summed E-state index contributed by atoms with van der Waals surface area (Å²) in [5, 5.41) is 7.33. The van der Waals surface area contributed by atoms with E-state index in [-0.39, 0.29) is 65.2 Å². The number of carbonyl (C=O) groups excluding carboxylic acids is 1. The summed E-state index contributed by atoms with van der Waals surface area (Å²) in [6.07, 6.45) is 3.28. The van der Waals surface area contributed by atoms with E-state index in [1.165, 1.54) is 11.1 Å². The molecule has 5 rings (SSSR count). The van der Waals surface area contributed by atoms with E-state index in [0.717, 1.165) is 44.5 Å². The molecule has 1 amide bonds. The number of benzene rings is 2. The first kappa shape index (κ1) is 29.0. The van der Waals surface area contributed by atoms with E-state index < -0.39 is 11.8 Å². The van der Waals surface area contributed by atoms with Gasteiger partial charge in [-0.3, -0.25) is 5.32 Å². The van der Waals surface area contributed by atoms with Crippen molar-refractivity contribution >= 4 is 40.4 Å². The van der Waals surface area contributed by atoms with Crippen LogP contribution in [0.4, 0.5) is 10.5 Å². The molecule has 10 nitrogen and oxygen atoms in total. The number of aromatic nitrogens is 2. The molecule has 12 heteroatoms. The molecule has 1 N–H and O–H groups in total. The average Bonchev–Trinajstić information content (AvgIpc) is 3.34. The first-order valence-electron chi connectivity index (χ1n) is 13.0. The molecule has 210 valence electrons. The fraction of sp³-hybridized carbons (Fsp3) is 0.444. The van der Waals surface area contributed by atoms with Gasteiger partial charge in [0.05, 0.1) is 16.6 Å². The molecular formula is C27H32BrClN4O6. The first-order valence-corrected chi connectivity index (χ1v) is 13.3. The summed E-state index contributed by atoms with van der Waals surface area (Å²) in [6.45, 7) is 5.72. The van der Waals surface area contributed by atoms with Crippen LogP contribution in [0.15, 0.2) is 45.6 Å². The van der Waals surface area contributed by atoms with Crippen LogP contribution in [0.25, 0.3) is 11.5 Å². The van der Waals surface area contributed by atoms with Crippen molar-refractivity contribution in [3.8, 4) is 23.0 Å². The molecule has 1 fully saturated rings. The lowest BCUT2D eigenvalue weighted by Crippen LogP contribution is -2.37. The molecule has 39 heavy (non-hydrogen) atoms. The summed E-state index contributed by atoms with van der Waals surface area (Å²) < 4.78 is 24.0. The molecule has 0 radical (unpaired) electrons. The molecule has 0 aliphatic carbocycles. The van der Waals surface area contributed by atoms with Crippen molar-refractivity contribution in [1.29, 1.82) is 0 Å². The van der Waals surface area contributed by atoms with Gasteiger partial charge in [-0.25, -0.2) is 9.59 Å². The maximum absolute atomic E-state index is 12.8. The smallest absolute Gasteiger partial charge is 0.437 e. The van der Waals surface area contributed by atoms with Gasteiger partial charge in [0, 0.05) is 13.1 Å². The third-order valence-electron chi connectivity index (χ3n) is 6.73. The first-order chi connectivity index (χ1) is 18.5. The second-order valence-electron chi connectivity index (χ2n) is 9.37. The number of piperidine rings is 1. The molecule has 1 aromatic heterocycles. The topological polar surface area (TPSA) is 108 Å². The molecule has 3 heterocycles. The van der Waals surface area contributed by atoms with E-state index in [4.69, 9.17) is 30.2 Å². The Labute approximate surface area is 241 Å². The normalized spacial score (nSPS) is 15.4. The Hall–Kier alpha value is -3.02. The van der Waals surface area contributed by atoms with Crippen molar-refractivity contribution in [2.45, 2.75) is 45.3 Å². The zero-order chi connectivity index (χ0) is 26.5. The molecule has 0 bridgehead atoms. The highest BCUT2D eigenvalue weighted by Crippen LogP contribution is 2.48. The zero-order valence-corrected chi connectivity index (χ0v) is 24.2. The Morgan fingerprint density at radius 2 is 1.87 bits per heavy atom. The monoisotopic (exact) mass is 622 g/mol. The molecule has 2 aliphatic rings. The molecule has 0 unspecified atom stereocenters.